The lowest BCUT2D eigenvalue weighted by atomic mass is 10.0. The van der Waals surface area contributed by atoms with E-state index in [9.17, 15) is 0 Å². The van der Waals surface area contributed by atoms with Gasteiger partial charge in [0.15, 0.2) is 0 Å². The third-order valence-electron chi connectivity index (χ3n) is 3.32. The monoisotopic (exact) mass is 295 g/mol. The van der Waals surface area contributed by atoms with Gasteiger partial charge in [-0.15, -0.1) is 0 Å². The molecule has 1 unspecified atom stereocenters. The highest BCUT2D eigenvalue weighted by Gasteiger charge is 2.08. The summed E-state index contributed by atoms with van der Waals surface area (Å²) < 4.78 is 16.6. The molecule has 1 N–H and O–H groups in total. The minimum absolute atomic E-state index is 0.309. The molecule has 0 amide bonds. The number of hydrogen-bond acceptors (Lipinski definition) is 4. The molecule has 0 fully saturated rings. The van der Waals surface area contributed by atoms with E-state index in [4.69, 9.17) is 14.2 Å². The van der Waals surface area contributed by atoms with Crippen LogP contribution >= 0.6 is 0 Å². The Morgan fingerprint density at radius 2 is 1.81 bits per heavy atom. The fourth-order valence-electron chi connectivity index (χ4n) is 1.97. The van der Waals surface area contributed by atoms with Crippen molar-refractivity contribution in [3.8, 4) is 5.75 Å². The number of benzene rings is 1. The quantitative estimate of drug-likeness (QED) is 0.673. The SMILES string of the molecule is CNC(C)c1ccc(OC)c(COCCOCC(C)C)c1. The minimum Gasteiger partial charge on any atom is -0.496 e. The molecule has 0 radical (unpaired) electrons. The number of methoxy groups -OCH3 is 1. The molecule has 4 nitrogen and oxygen atoms in total. The summed E-state index contributed by atoms with van der Waals surface area (Å²) in [5, 5.41) is 3.24. The first-order valence-corrected chi connectivity index (χ1v) is 7.58. The van der Waals surface area contributed by atoms with Gasteiger partial charge in [-0.1, -0.05) is 19.9 Å². The standard InChI is InChI=1S/C17H29NO3/c1-13(2)11-20-8-9-21-12-16-10-15(14(3)18-4)6-7-17(16)19-5/h6-7,10,13-14,18H,8-9,11-12H2,1-5H3. The van der Waals surface area contributed by atoms with Gasteiger partial charge < -0.3 is 19.5 Å². The largest absolute Gasteiger partial charge is 0.496 e. The van der Waals surface area contributed by atoms with Crippen LogP contribution in [0.25, 0.3) is 0 Å². The average Bonchev–Trinajstić information content (AvgIpc) is 2.49. The Balaban J connectivity index is 2.48. The van der Waals surface area contributed by atoms with Crippen molar-refractivity contribution >= 4 is 0 Å². The maximum atomic E-state index is 5.69. The summed E-state index contributed by atoms with van der Waals surface area (Å²) in [7, 11) is 3.64. The number of hydrogen-bond donors (Lipinski definition) is 1. The van der Waals surface area contributed by atoms with Crippen molar-refractivity contribution in [1.29, 1.82) is 0 Å². The third-order valence-corrected chi connectivity index (χ3v) is 3.32. The molecule has 4 heteroatoms. The summed E-state index contributed by atoms with van der Waals surface area (Å²) in [5.41, 5.74) is 2.30. The van der Waals surface area contributed by atoms with Gasteiger partial charge in [0.25, 0.3) is 0 Å². The fraction of sp³-hybridized carbons (Fsp3) is 0.647. The fourth-order valence-corrected chi connectivity index (χ4v) is 1.97. The molecule has 0 aliphatic carbocycles. The van der Waals surface area contributed by atoms with E-state index in [0.717, 1.165) is 17.9 Å². The van der Waals surface area contributed by atoms with Crippen LogP contribution in [0.5, 0.6) is 5.75 Å². The second-order valence-corrected chi connectivity index (χ2v) is 5.60. The third kappa shape index (κ3) is 6.46. The summed E-state index contributed by atoms with van der Waals surface area (Å²) in [6.45, 7) is 8.96. The van der Waals surface area contributed by atoms with E-state index >= 15 is 0 Å². The van der Waals surface area contributed by atoms with Crippen molar-refractivity contribution < 1.29 is 14.2 Å². The van der Waals surface area contributed by atoms with Crippen LogP contribution < -0.4 is 10.1 Å². The summed E-state index contributed by atoms with van der Waals surface area (Å²) >= 11 is 0. The van der Waals surface area contributed by atoms with E-state index in [0.29, 0.717) is 31.8 Å². The lowest BCUT2D eigenvalue weighted by Crippen LogP contribution is -2.13. The molecule has 1 rings (SSSR count). The van der Waals surface area contributed by atoms with Crippen molar-refractivity contribution in [3.05, 3.63) is 29.3 Å². The van der Waals surface area contributed by atoms with Crippen LogP contribution in [-0.2, 0) is 16.1 Å². The topological polar surface area (TPSA) is 39.7 Å². The molecular weight excluding hydrogens is 266 g/mol. The predicted molar refractivity (Wildman–Crippen MR) is 85.8 cm³/mol. The number of nitrogens with one attached hydrogen (secondary N) is 1. The van der Waals surface area contributed by atoms with E-state index in [-0.39, 0.29) is 0 Å². The zero-order valence-electron chi connectivity index (χ0n) is 13.9. The van der Waals surface area contributed by atoms with Crippen LogP contribution in [0.2, 0.25) is 0 Å². The van der Waals surface area contributed by atoms with Gasteiger partial charge in [0, 0.05) is 18.2 Å². The first-order valence-electron chi connectivity index (χ1n) is 7.58. The smallest absolute Gasteiger partial charge is 0.124 e. The van der Waals surface area contributed by atoms with Gasteiger partial charge in [-0.05, 0) is 37.6 Å². The molecule has 0 saturated heterocycles. The van der Waals surface area contributed by atoms with Crippen LogP contribution in [-0.4, -0.2) is 34.0 Å². The molecule has 0 heterocycles. The molecule has 120 valence electrons. The van der Waals surface area contributed by atoms with Gasteiger partial charge in [0.1, 0.15) is 5.75 Å². The minimum atomic E-state index is 0.309. The zero-order chi connectivity index (χ0) is 15.7. The van der Waals surface area contributed by atoms with Crippen LogP contribution in [0.15, 0.2) is 18.2 Å². The molecule has 0 spiro atoms. The van der Waals surface area contributed by atoms with E-state index in [1.807, 2.05) is 13.1 Å². The van der Waals surface area contributed by atoms with Crippen molar-refractivity contribution in [1.82, 2.24) is 5.32 Å². The van der Waals surface area contributed by atoms with Gasteiger partial charge in [-0.25, -0.2) is 0 Å². The molecule has 0 aliphatic rings. The predicted octanol–water partition coefficient (Wildman–Crippen LogP) is 3.16. The maximum Gasteiger partial charge on any atom is 0.124 e. The van der Waals surface area contributed by atoms with Crippen molar-refractivity contribution in [2.45, 2.75) is 33.4 Å². The molecular formula is C17H29NO3. The van der Waals surface area contributed by atoms with E-state index in [2.05, 4.69) is 38.2 Å². The summed E-state index contributed by atoms with van der Waals surface area (Å²) in [5.74, 6) is 1.43. The van der Waals surface area contributed by atoms with Gasteiger partial charge >= 0.3 is 0 Å². The molecule has 0 aromatic heterocycles. The molecule has 0 saturated carbocycles. The molecule has 21 heavy (non-hydrogen) atoms. The number of ether oxygens (including phenoxy) is 3. The van der Waals surface area contributed by atoms with Crippen molar-refractivity contribution in [2.24, 2.45) is 5.92 Å². The highest BCUT2D eigenvalue weighted by molar-refractivity contribution is 5.38. The van der Waals surface area contributed by atoms with Gasteiger partial charge in [-0.3, -0.25) is 0 Å². The summed E-state index contributed by atoms with van der Waals surface area (Å²) in [4.78, 5) is 0. The van der Waals surface area contributed by atoms with Gasteiger partial charge in [-0.2, -0.15) is 0 Å². The van der Waals surface area contributed by atoms with E-state index in [1.54, 1.807) is 7.11 Å². The average molecular weight is 295 g/mol. The van der Waals surface area contributed by atoms with Gasteiger partial charge in [0.05, 0.1) is 26.9 Å². The van der Waals surface area contributed by atoms with Crippen molar-refractivity contribution in [2.75, 3.05) is 34.0 Å². The molecule has 1 atom stereocenters. The molecule has 1 aromatic carbocycles. The Labute approximate surface area is 128 Å². The Kier molecular flexibility index (Phi) is 8.35. The first kappa shape index (κ1) is 18.0. The second-order valence-electron chi connectivity index (χ2n) is 5.60. The first-order chi connectivity index (χ1) is 10.1. The van der Waals surface area contributed by atoms with Crippen LogP contribution in [0.3, 0.4) is 0 Å². The van der Waals surface area contributed by atoms with Crippen LogP contribution in [0.1, 0.15) is 37.9 Å². The Bertz CT molecular complexity index is 407. The highest BCUT2D eigenvalue weighted by atomic mass is 16.5. The van der Waals surface area contributed by atoms with E-state index in [1.165, 1.54) is 5.56 Å². The van der Waals surface area contributed by atoms with E-state index < -0.39 is 0 Å². The Hall–Kier alpha value is -1.10. The zero-order valence-corrected chi connectivity index (χ0v) is 13.9. The summed E-state index contributed by atoms with van der Waals surface area (Å²) in [6, 6.07) is 6.52. The molecule has 0 bridgehead atoms. The number of rotatable bonds is 10. The highest BCUT2D eigenvalue weighted by Crippen LogP contribution is 2.23. The Morgan fingerprint density at radius 3 is 2.43 bits per heavy atom. The van der Waals surface area contributed by atoms with Crippen LogP contribution in [0, 0.1) is 5.92 Å². The van der Waals surface area contributed by atoms with Gasteiger partial charge in [0.2, 0.25) is 0 Å². The molecule has 1 aromatic rings. The molecule has 0 aliphatic heterocycles. The van der Waals surface area contributed by atoms with Crippen molar-refractivity contribution in [3.63, 3.8) is 0 Å². The Morgan fingerprint density at radius 1 is 1.10 bits per heavy atom. The van der Waals surface area contributed by atoms with Crippen LogP contribution in [0.4, 0.5) is 0 Å². The lowest BCUT2D eigenvalue weighted by Gasteiger charge is -2.15. The summed E-state index contributed by atoms with van der Waals surface area (Å²) in [6.07, 6.45) is 0. The normalized spacial score (nSPS) is 12.7. The maximum absolute atomic E-state index is 5.69. The second kappa shape index (κ2) is 9.77. The lowest BCUT2D eigenvalue weighted by molar-refractivity contribution is 0.0309.